The Labute approximate surface area is 345 Å². The number of fused-ring (bicyclic) bond motifs is 2. The number of nitrogens with one attached hydrogen (secondary N) is 2. The molecule has 0 aliphatic rings. The number of carbonyl (C=O) groups is 2. The van der Waals surface area contributed by atoms with E-state index in [1.807, 2.05) is 69.3 Å². The largest absolute Gasteiger partial charge is 0.386 e. The predicted molar refractivity (Wildman–Crippen MR) is 230 cm³/mol. The summed E-state index contributed by atoms with van der Waals surface area (Å²) in [4.78, 5) is 34.2. The molecule has 0 heterocycles. The number of sulfonamides is 2. The van der Waals surface area contributed by atoms with Crippen LogP contribution >= 0.6 is 0 Å². The van der Waals surface area contributed by atoms with Crippen molar-refractivity contribution in [2.75, 3.05) is 0 Å². The molecule has 0 bridgehead atoms. The van der Waals surface area contributed by atoms with E-state index in [0.717, 1.165) is 21.5 Å². The molecule has 0 saturated heterocycles. The van der Waals surface area contributed by atoms with Crippen LogP contribution in [0.5, 0.6) is 0 Å². The first-order valence-corrected chi connectivity index (χ1v) is 25.0. The molecule has 0 radical (unpaired) electrons. The molecule has 6 aromatic carbocycles. The fraction of sp³-hybridized carbons (Fsp3) is 0.227. The maximum absolute atomic E-state index is 14.7. The molecule has 0 saturated carbocycles. The van der Waals surface area contributed by atoms with Crippen molar-refractivity contribution in [3.8, 4) is 0 Å². The van der Waals surface area contributed by atoms with Crippen LogP contribution in [-0.2, 0) is 56.1 Å². The van der Waals surface area contributed by atoms with E-state index in [1.54, 1.807) is 85.9 Å². The van der Waals surface area contributed by atoms with E-state index in [4.69, 9.17) is 9.26 Å². The van der Waals surface area contributed by atoms with Crippen LogP contribution < -0.4 is 9.44 Å². The van der Waals surface area contributed by atoms with Crippen molar-refractivity contribution >= 4 is 61.8 Å². The molecule has 6 aromatic rings. The average molecular weight is 854 g/mol. The molecule has 6 rings (SSSR count). The minimum atomic E-state index is -4.49. The monoisotopic (exact) mass is 853 g/mol. The molecule has 0 aliphatic heterocycles. The van der Waals surface area contributed by atoms with Crippen LogP contribution in [0, 0.1) is 0 Å². The Morgan fingerprint density at radius 3 is 1.63 bits per heavy atom. The Balaban J connectivity index is 1.35. The number of rotatable bonds is 14. The maximum atomic E-state index is 14.7. The lowest BCUT2D eigenvalue weighted by atomic mass is 10.0. The van der Waals surface area contributed by atoms with Gasteiger partial charge in [-0.15, -0.1) is 0 Å². The van der Waals surface area contributed by atoms with Crippen molar-refractivity contribution in [3.63, 3.8) is 0 Å². The van der Waals surface area contributed by atoms with Crippen molar-refractivity contribution in [3.05, 3.63) is 168 Å². The van der Waals surface area contributed by atoms with Crippen molar-refractivity contribution in [2.45, 2.75) is 62.2 Å². The summed E-state index contributed by atoms with van der Waals surface area (Å²) in [7, 11) is -11.9. The standard InChI is InChI=1S/C44H47N3O9S2Si/c1-43(2,3)59(4,5)56-44(39-22-10-7-11-23-39,46-58(53,54)31-33-25-27-35-17-13-15-21-38(35)29-33)42(49)55-47(50)41(48)40(36-18-8-6-9-19-36)45-57(51,52)30-32-24-26-34-16-12-14-20-37(34)28-32/h6-29,40,45-46,50H,30-31H2,1-5H3/t40?,44-/m1/s1. The third-order valence-corrected chi connectivity index (χ3v) is 17.4. The van der Waals surface area contributed by atoms with Crippen LogP contribution in [0.2, 0.25) is 18.1 Å². The second kappa shape index (κ2) is 17.1. The first-order chi connectivity index (χ1) is 27.8. The summed E-state index contributed by atoms with van der Waals surface area (Å²) >= 11 is 0. The highest BCUT2D eigenvalue weighted by Crippen LogP contribution is 2.42. The SMILES string of the molecule is CC(C)(C)[Si](C)(C)O[C@@](NS(=O)(=O)Cc1ccc2ccccc2c1)(C(=O)ON(O)C(=O)C(NS(=O)(=O)Cc1ccc2ccccc2c1)c1ccccc1)c1ccccc1. The molecule has 0 aliphatic carbocycles. The van der Waals surface area contributed by atoms with Crippen LogP contribution in [0.3, 0.4) is 0 Å². The second-order valence-corrected chi connectivity index (χ2v) is 24.0. The highest BCUT2D eigenvalue weighted by atomic mass is 32.2. The zero-order valence-corrected chi connectivity index (χ0v) is 36.0. The number of nitrogens with zero attached hydrogens (tertiary/aromatic N) is 1. The smallest absolute Gasteiger partial charge is 0.386 e. The van der Waals surface area contributed by atoms with Gasteiger partial charge < -0.3 is 9.26 Å². The molecule has 1 amide bonds. The zero-order chi connectivity index (χ0) is 42.6. The number of hydroxylamine groups is 2. The molecule has 15 heteroatoms. The predicted octanol–water partition coefficient (Wildman–Crippen LogP) is 7.82. The van der Waals surface area contributed by atoms with Gasteiger partial charge in [-0.25, -0.2) is 21.6 Å². The number of hydrogen-bond donors (Lipinski definition) is 3. The van der Waals surface area contributed by atoms with Crippen LogP contribution in [-0.4, -0.2) is 47.5 Å². The fourth-order valence-electron chi connectivity index (χ4n) is 6.33. The number of benzene rings is 6. The van der Waals surface area contributed by atoms with Gasteiger partial charge >= 0.3 is 11.9 Å². The fourth-order valence-corrected chi connectivity index (χ4v) is 10.4. The average Bonchev–Trinajstić information content (AvgIpc) is 3.19. The Morgan fingerprint density at radius 2 is 1.12 bits per heavy atom. The molecule has 12 nitrogen and oxygen atoms in total. The van der Waals surface area contributed by atoms with Gasteiger partial charge in [-0.2, -0.15) is 9.44 Å². The van der Waals surface area contributed by atoms with Crippen molar-refractivity contribution < 1.29 is 40.9 Å². The van der Waals surface area contributed by atoms with E-state index in [1.165, 1.54) is 24.3 Å². The summed E-state index contributed by atoms with van der Waals surface area (Å²) in [6.45, 7) is 9.27. The van der Waals surface area contributed by atoms with Gasteiger partial charge in [0.25, 0.3) is 5.72 Å². The molecule has 0 aromatic heterocycles. The third kappa shape index (κ3) is 10.3. The minimum absolute atomic E-state index is 0.00783. The van der Waals surface area contributed by atoms with Gasteiger partial charge in [-0.05, 0) is 61.6 Å². The Kier molecular flexibility index (Phi) is 12.6. The van der Waals surface area contributed by atoms with E-state index in [0.29, 0.717) is 11.1 Å². The lowest BCUT2D eigenvalue weighted by Crippen LogP contribution is -2.61. The summed E-state index contributed by atoms with van der Waals surface area (Å²) in [6.07, 6.45) is 0. The molecule has 0 spiro atoms. The van der Waals surface area contributed by atoms with Crippen LogP contribution in [0.15, 0.2) is 146 Å². The minimum Gasteiger partial charge on any atom is -0.386 e. The second-order valence-electron chi connectivity index (χ2n) is 15.8. The van der Waals surface area contributed by atoms with Gasteiger partial charge in [0.2, 0.25) is 20.0 Å². The van der Waals surface area contributed by atoms with Crippen molar-refractivity contribution in [1.82, 2.24) is 14.7 Å². The number of amides is 1. The molecule has 2 atom stereocenters. The van der Waals surface area contributed by atoms with Gasteiger partial charge in [0.05, 0.1) is 11.5 Å². The lowest BCUT2D eigenvalue weighted by molar-refractivity contribution is -0.306. The quantitative estimate of drug-likeness (QED) is 0.0428. The van der Waals surface area contributed by atoms with Crippen molar-refractivity contribution in [2.24, 2.45) is 0 Å². The van der Waals surface area contributed by atoms with E-state index in [2.05, 4.69) is 9.44 Å². The van der Waals surface area contributed by atoms with Crippen LogP contribution in [0.4, 0.5) is 0 Å². The van der Waals surface area contributed by atoms with E-state index in [-0.39, 0.29) is 16.4 Å². The molecule has 0 fully saturated rings. The first-order valence-electron chi connectivity index (χ1n) is 18.8. The van der Waals surface area contributed by atoms with E-state index < -0.39 is 68.6 Å². The maximum Gasteiger partial charge on any atom is 0.386 e. The topological polar surface area (TPSA) is 168 Å². The van der Waals surface area contributed by atoms with Gasteiger partial charge in [0, 0.05) is 5.56 Å². The Morgan fingerprint density at radius 1 is 0.661 bits per heavy atom. The third-order valence-electron chi connectivity index (χ3n) is 10.4. The summed E-state index contributed by atoms with van der Waals surface area (Å²) in [5.74, 6) is -3.98. The summed E-state index contributed by atoms with van der Waals surface area (Å²) in [5.41, 5.74) is -1.65. The van der Waals surface area contributed by atoms with Crippen LogP contribution in [0.1, 0.15) is 49.1 Å². The van der Waals surface area contributed by atoms with E-state index in [9.17, 15) is 31.6 Å². The van der Waals surface area contributed by atoms with E-state index >= 15 is 0 Å². The molecular weight excluding hydrogens is 807 g/mol. The summed E-state index contributed by atoms with van der Waals surface area (Å²) in [6, 6.07) is 38.9. The van der Waals surface area contributed by atoms with Gasteiger partial charge in [0.1, 0.15) is 6.04 Å². The zero-order valence-electron chi connectivity index (χ0n) is 33.3. The van der Waals surface area contributed by atoms with Gasteiger partial charge in [-0.3, -0.25) is 10.0 Å². The Hall–Kier alpha value is -5.26. The lowest BCUT2D eigenvalue weighted by Gasteiger charge is -2.44. The van der Waals surface area contributed by atoms with Gasteiger partial charge in [-0.1, -0.05) is 166 Å². The molecule has 1 unspecified atom stereocenters. The van der Waals surface area contributed by atoms with Gasteiger partial charge in [0.15, 0.2) is 8.32 Å². The normalized spacial score (nSPS) is 14.1. The Bertz CT molecular complexity index is 2690. The van der Waals surface area contributed by atoms with Crippen molar-refractivity contribution in [1.29, 1.82) is 0 Å². The molecule has 3 N–H and O–H groups in total. The molecule has 59 heavy (non-hydrogen) atoms. The highest BCUT2D eigenvalue weighted by molar-refractivity contribution is 7.89. The summed E-state index contributed by atoms with van der Waals surface area (Å²) < 4.78 is 67.4. The summed E-state index contributed by atoms with van der Waals surface area (Å²) in [5, 5.41) is 13.8. The number of hydrogen-bond acceptors (Lipinski definition) is 9. The first kappa shape index (κ1) is 43.3. The number of carbonyl (C=O) groups excluding carboxylic acids is 2. The highest BCUT2D eigenvalue weighted by Gasteiger charge is 2.54. The molecular formula is C44H47N3O9S2Si. The van der Waals surface area contributed by atoms with Crippen LogP contribution in [0.25, 0.3) is 21.5 Å². The molecule has 308 valence electrons.